The van der Waals surface area contributed by atoms with E-state index in [1.807, 2.05) is 0 Å². The van der Waals surface area contributed by atoms with Crippen molar-refractivity contribution in [3.63, 3.8) is 0 Å². The van der Waals surface area contributed by atoms with E-state index in [2.05, 4.69) is 234 Å². The van der Waals surface area contributed by atoms with Gasteiger partial charge in [0.1, 0.15) is 0 Å². The minimum Gasteiger partial charge on any atom is -0.311 e. The first-order chi connectivity index (χ1) is 28.3. The molecule has 11 rings (SSSR count). The second-order valence-electron chi connectivity index (χ2n) is 14.9. The Kier molecular flexibility index (Phi) is 7.96. The summed E-state index contributed by atoms with van der Waals surface area (Å²) in [5, 5.41) is 0. The van der Waals surface area contributed by atoms with Crippen molar-refractivity contribution in [2.75, 3.05) is 9.80 Å². The van der Waals surface area contributed by atoms with E-state index in [0.29, 0.717) is 0 Å². The van der Waals surface area contributed by atoms with Gasteiger partial charge in [0, 0.05) is 34.1 Å². The number of benzene rings is 9. The Balaban J connectivity index is 1.18. The molecular weight excluding hydrogens is 687 g/mol. The van der Waals surface area contributed by atoms with Crippen molar-refractivity contribution in [1.29, 1.82) is 0 Å². The van der Waals surface area contributed by atoms with Crippen molar-refractivity contribution in [3.05, 3.63) is 224 Å². The third kappa shape index (κ3) is 5.59. The molecule has 9 aromatic rings. The molecule has 2 heterocycles. The molecule has 0 N–H and O–H groups in total. The third-order valence-corrected chi connectivity index (χ3v) is 11.7. The van der Waals surface area contributed by atoms with Crippen LogP contribution in [-0.4, -0.2) is 6.71 Å². The maximum atomic E-state index is 2.52. The van der Waals surface area contributed by atoms with Gasteiger partial charge in [-0.05, 0) is 109 Å². The van der Waals surface area contributed by atoms with Gasteiger partial charge in [0.15, 0.2) is 0 Å². The highest BCUT2D eigenvalue weighted by molar-refractivity contribution is 7.00. The van der Waals surface area contributed by atoms with E-state index in [9.17, 15) is 0 Å². The van der Waals surface area contributed by atoms with Gasteiger partial charge >= 0.3 is 0 Å². The molecule has 9 aromatic carbocycles. The van der Waals surface area contributed by atoms with Crippen molar-refractivity contribution in [2.45, 2.75) is 0 Å². The van der Waals surface area contributed by atoms with Crippen molar-refractivity contribution in [2.24, 2.45) is 0 Å². The smallest absolute Gasteiger partial charge is 0.252 e. The average Bonchev–Trinajstić information content (AvgIpc) is 3.30. The van der Waals surface area contributed by atoms with Gasteiger partial charge in [-0.3, -0.25) is 0 Å². The van der Waals surface area contributed by atoms with Gasteiger partial charge in [0.05, 0.1) is 0 Å². The molecule has 0 fully saturated rings. The number of rotatable bonds is 6. The summed E-state index contributed by atoms with van der Waals surface area (Å²) in [6.45, 7) is 0.0560. The maximum Gasteiger partial charge on any atom is 0.252 e. The van der Waals surface area contributed by atoms with Crippen molar-refractivity contribution in [1.82, 2.24) is 0 Å². The normalized spacial score (nSPS) is 12.5. The van der Waals surface area contributed by atoms with Crippen molar-refractivity contribution >= 4 is 57.2 Å². The third-order valence-electron chi connectivity index (χ3n) is 11.7. The van der Waals surface area contributed by atoms with Crippen LogP contribution in [0.5, 0.6) is 0 Å². The average molecular weight is 725 g/mol. The fourth-order valence-corrected chi connectivity index (χ4v) is 9.08. The van der Waals surface area contributed by atoms with E-state index in [0.717, 1.165) is 11.4 Å². The van der Waals surface area contributed by atoms with Crippen LogP contribution >= 0.6 is 0 Å². The zero-order chi connectivity index (χ0) is 37.7. The Morgan fingerprint density at radius 3 is 1.21 bits per heavy atom. The number of para-hydroxylation sites is 2. The van der Waals surface area contributed by atoms with E-state index in [4.69, 9.17) is 0 Å². The van der Waals surface area contributed by atoms with Gasteiger partial charge < -0.3 is 9.80 Å². The first kappa shape index (κ1) is 33.0. The molecule has 0 amide bonds. The molecule has 0 atom stereocenters. The summed E-state index contributed by atoms with van der Waals surface area (Å²) in [6.07, 6.45) is 0. The molecule has 266 valence electrons. The van der Waals surface area contributed by atoms with Gasteiger partial charge in [-0.15, -0.1) is 0 Å². The van der Waals surface area contributed by atoms with Gasteiger partial charge in [0.2, 0.25) is 0 Å². The number of hydrogen-bond acceptors (Lipinski definition) is 2. The van der Waals surface area contributed by atoms with Crippen LogP contribution in [0.3, 0.4) is 0 Å². The molecule has 2 nitrogen and oxygen atoms in total. The standard InChI is InChI=1S/C54H37BN2/c1-5-17-38(18-6-1)40-29-31-44(32-30-40)56-50-27-15-13-25-48(50)55-49-26-14-16-28-51(49)57(53-36-43(35-52(56)54(53)55)39-19-7-2-8-20-39)45-33-34-46(41-21-9-3-10-22-41)47(37-45)42-23-11-4-12-24-42/h1-37H. The number of fused-ring (bicyclic) bond motifs is 4. The molecule has 0 unspecified atom stereocenters. The first-order valence-electron chi connectivity index (χ1n) is 19.7. The lowest BCUT2D eigenvalue weighted by Crippen LogP contribution is -2.61. The maximum absolute atomic E-state index is 2.52. The molecule has 0 radical (unpaired) electrons. The van der Waals surface area contributed by atoms with Crippen LogP contribution in [0.4, 0.5) is 34.1 Å². The first-order valence-corrected chi connectivity index (χ1v) is 19.7. The fraction of sp³-hybridized carbons (Fsp3) is 0. The van der Waals surface area contributed by atoms with Crippen LogP contribution < -0.4 is 26.2 Å². The van der Waals surface area contributed by atoms with Gasteiger partial charge in [-0.2, -0.15) is 0 Å². The Hall–Kier alpha value is -7.36. The van der Waals surface area contributed by atoms with Gasteiger partial charge in [0.25, 0.3) is 6.71 Å². The summed E-state index contributed by atoms with van der Waals surface area (Å²) in [7, 11) is 0. The highest BCUT2D eigenvalue weighted by Crippen LogP contribution is 2.47. The summed E-state index contributed by atoms with van der Waals surface area (Å²) in [5.41, 5.74) is 20.6. The molecule has 2 aliphatic rings. The van der Waals surface area contributed by atoms with E-state index in [1.165, 1.54) is 83.6 Å². The summed E-state index contributed by atoms with van der Waals surface area (Å²) in [4.78, 5) is 5.01. The summed E-state index contributed by atoms with van der Waals surface area (Å²) in [6, 6.07) is 82.0. The quantitative estimate of drug-likeness (QED) is 0.158. The lowest BCUT2D eigenvalue weighted by Gasteiger charge is -2.44. The lowest BCUT2D eigenvalue weighted by molar-refractivity contribution is 1.25. The highest BCUT2D eigenvalue weighted by Gasteiger charge is 2.43. The van der Waals surface area contributed by atoms with E-state index in [-0.39, 0.29) is 6.71 Å². The van der Waals surface area contributed by atoms with Crippen LogP contribution in [0.2, 0.25) is 0 Å². The minimum atomic E-state index is 0.0560. The zero-order valence-corrected chi connectivity index (χ0v) is 31.3. The van der Waals surface area contributed by atoms with Crippen molar-refractivity contribution < 1.29 is 0 Å². The summed E-state index contributed by atoms with van der Waals surface area (Å²) >= 11 is 0. The summed E-state index contributed by atoms with van der Waals surface area (Å²) < 4.78 is 0. The second kappa shape index (κ2) is 13.7. The largest absolute Gasteiger partial charge is 0.311 e. The Morgan fingerprint density at radius 2 is 0.667 bits per heavy atom. The van der Waals surface area contributed by atoms with E-state index >= 15 is 0 Å². The Morgan fingerprint density at radius 1 is 0.263 bits per heavy atom. The van der Waals surface area contributed by atoms with Gasteiger partial charge in [-0.25, -0.2) is 0 Å². The number of hydrogen-bond donors (Lipinski definition) is 0. The van der Waals surface area contributed by atoms with E-state index in [1.54, 1.807) is 0 Å². The SMILES string of the molecule is c1ccc(-c2ccc(N3c4ccccc4B4c5ccccc5N(c5ccc(-c6ccccc6)c(-c6ccccc6)c5)c5cc(-c6ccccc6)cc3c54)cc2)cc1. The predicted molar refractivity (Wildman–Crippen MR) is 242 cm³/mol. The van der Waals surface area contributed by atoms with Crippen LogP contribution in [0.1, 0.15) is 0 Å². The predicted octanol–water partition coefficient (Wildman–Crippen LogP) is 12.4. The minimum absolute atomic E-state index is 0.0560. The molecule has 57 heavy (non-hydrogen) atoms. The molecule has 0 aromatic heterocycles. The fourth-order valence-electron chi connectivity index (χ4n) is 9.08. The zero-order valence-electron chi connectivity index (χ0n) is 31.3. The monoisotopic (exact) mass is 724 g/mol. The molecule has 0 bridgehead atoms. The molecular formula is C54H37BN2. The molecule has 2 aliphatic heterocycles. The van der Waals surface area contributed by atoms with Crippen LogP contribution in [0.25, 0.3) is 44.5 Å². The Labute approximate surface area is 334 Å². The Bertz CT molecular complexity index is 2890. The second-order valence-corrected chi connectivity index (χ2v) is 14.9. The molecule has 0 aliphatic carbocycles. The molecule has 0 spiro atoms. The van der Waals surface area contributed by atoms with Crippen molar-refractivity contribution in [3.8, 4) is 44.5 Å². The molecule has 3 heteroatoms. The number of nitrogens with zero attached hydrogens (tertiary/aromatic N) is 2. The lowest BCUT2D eigenvalue weighted by atomic mass is 9.33. The van der Waals surface area contributed by atoms with E-state index < -0.39 is 0 Å². The molecule has 0 saturated heterocycles. The van der Waals surface area contributed by atoms with Crippen LogP contribution in [-0.2, 0) is 0 Å². The van der Waals surface area contributed by atoms with Crippen LogP contribution in [0, 0.1) is 0 Å². The summed E-state index contributed by atoms with van der Waals surface area (Å²) in [5.74, 6) is 0. The highest BCUT2D eigenvalue weighted by atomic mass is 15.2. The molecule has 0 saturated carbocycles. The van der Waals surface area contributed by atoms with Crippen LogP contribution in [0.15, 0.2) is 224 Å². The van der Waals surface area contributed by atoms with Gasteiger partial charge in [-0.1, -0.05) is 176 Å². The topological polar surface area (TPSA) is 6.48 Å². The number of anilines is 6.